The highest BCUT2D eigenvalue weighted by Crippen LogP contribution is 2.27. The second kappa shape index (κ2) is 18.5. The normalized spacial score (nSPS) is 11.0. The van der Waals surface area contributed by atoms with Crippen LogP contribution in [0.3, 0.4) is 0 Å². The summed E-state index contributed by atoms with van der Waals surface area (Å²) in [7, 11) is -8.60. The zero-order valence-corrected chi connectivity index (χ0v) is 32.2. The number of hydrogen-bond donors (Lipinski definition) is 4. The number of sulfone groups is 2. The monoisotopic (exact) mass is 882 g/mol. The summed E-state index contributed by atoms with van der Waals surface area (Å²) < 4.78 is 73.8. The number of nitrogens with one attached hydrogen (secondary N) is 2. The highest BCUT2D eigenvalue weighted by molar-refractivity contribution is 9.10. The first-order valence-corrected chi connectivity index (χ1v) is 19.9. The summed E-state index contributed by atoms with van der Waals surface area (Å²) in [5.74, 6) is -1.02. The summed E-state index contributed by atoms with van der Waals surface area (Å²) in [6.45, 7) is 0. The first-order valence-electron chi connectivity index (χ1n) is 14.5. The fourth-order valence-electron chi connectivity index (χ4n) is 3.87. The number of hydrogen-bond acceptors (Lipinski definition) is 16. The zero-order chi connectivity index (χ0) is 39.6. The number of rotatable bonds is 8. The third-order valence-corrected chi connectivity index (χ3v) is 9.72. The van der Waals surface area contributed by atoms with Gasteiger partial charge in [0.05, 0.1) is 14.5 Å². The lowest BCUT2D eigenvalue weighted by Gasteiger charge is -2.10. The molecule has 2 aromatic carbocycles. The van der Waals surface area contributed by atoms with Gasteiger partial charge in [-0.25, -0.2) is 60.5 Å². The van der Waals surface area contributed by atoms with E-state index in [9.17, 15) is 25.6 Å². The van der Waals surface area contributed by atoms with Gasteiger partial charge in [0.2, 0.25) is 11.9 Å². The minimum atomic E-state index is -3.64. The molecule has 24 heteroatoms. The SMILES string of the molecule is CS(=O)(=O)c1nc(Nc2ccc(F)c(Cl)c2)ncc1-c1cncnc1.CS(=O)(=O)c1nc(Nc2ccc(F)c(Cl)c2)ncc1Br.OB(O)c1cncnc1. The number of benzene rings is 2. The van der Waals surface area contributed by atoms with Gasteiger partial charge in [-0.2, -0.15) is 4.98 Å². The fraction of sp³-hybridized carbons (Fsp3) is 0.0667. The van der Waals surface area contributed by atoms with Crippen molar-refractivity contribution in [3.05, 3.63) is 112 Å². The molecule has 6 rings (SSSR count). The molecule has 4 N–H and O–H groups in total. The average Bonchev–Trinajstić information content (AvgIpc) is 3.13. The van der Waals surface area contributed by atoms with Crippen molar-refractivity contribution in [3.63, 3.8) is 0 Å². The van der Waals surface area contributed by atoms with E-state index in [1.54, 1.807) is 0 Å². The Morgan fingerprint density at radius 3 is 1.56 bits per heavy atom. The average molecular weight is 884 g/mol. The number of aromatic nitrogens is 8. The number of halogens is 5. The number of nitrogens with zero attached hydrogens (tertiary/aromatic N) is 8. The molecular weight excluding hydrogens is 860 g/mol. The molecule has 0 amide bonds. The summed E-state index contributed by atoms with van der Waals surface area (Å²) in [5, 5.41) is 22.1. The van der Waals surface area contributed by atoms with Gasteiger partial charge >= 0.3 is 7.12 Å². The van der Waals surface area contributed by atoms with Crippen LogP contribution >= 0.6 is 39.1 Å². The van der Waals surface area contributed by atoms with E-state index >= 15 is 0 Å². The Labute approximate surface area is 325 Å². The van der Waals surface area contributed by atoms with E-state index < -0.39 is 38.4 Å². The Morgan fingerprint density at radius 1 is 0.685 bits per heavy atom. The summed E-state index contributed by atoms with van der Waals surface area (Å²) in [4.78, 5) is 30.9. The Kier molecular flexibility index (Phi) is 14.3. The third kappa shape index (κ3) is 12.1. The van der Waals surface area contributed by atoms with Crippen molar-refractivity contribution in [2.45, 2.75) is 10.1 Å². The van der Waals surface area contributed by atoms with Crippen LogP contribution in [0.15, 0.2) is 101 Å². The van der Waals surface area contributed by atoms with Crippen molar-refractivity contribution in [1.29, 1.82) is 0 Å². The summed E-state index contributed by atoms with van der Waals surface area (Å²) >= 11 is 14.4. The van der Waals surface area contributed by atoms with Gasteiger partial charge in [-0.05, 0) is 52.3 Å². The van der Waals surface area contributed by atoms with Gasteiger partial charge in [-0.1, -0.05) is 23.2 Å². The van der Waals surface area contributed by atoms with E-state index in [2.05, 4.69) is 66.4 Å². The maximum absolute atomic E-state index is 13.2. The number of anilines is 4. The molecule has 0 spiro atoms. The van der Waals surface area contributed by atoms with Crippen LogP contribution in [0.5, 0.6) is 0 Å². The van der Waals surface area contributed by atoms with E-state index in [1.807, 2.05) is 0 Å². The molecule has 0 aliphatic rings. The Hall–Kier alpha value is -4.84. The maximum Gasteiger partial charge on any atom is 0.491 e. The molecule has 0 atom stereocenters. The standard InChI is InChI=1S/C15H11ClFN5O2S.C11H8BrClFN3O2S.C4H5BN2O2/c1-25(23,24)14-11(9-5-18-8-19-6-9)7-20-15(22-14)21-10-2-3-13(17)12(16)4-10;1-20(18,19)10-7(12)5-15-11(17-10)16-6-2-3-9(14)8(13)4-6;8-5(9)4-1-6-3-7-2-4/h2-8H,1H3,(H,20,21,22);2-5H,1H3,(H,15,16,17);1-3,8-9H. The molecule has 0 aliphatic carbocycles. The Morgan fingerprint density at radius 2 is 1.13 bits per heavy atom. The largest absolute Gasteiger partial charge is 0.491 e. The molecule has 0 unspecified atom stereocenters. The predicted molar refractivity (Wildman–Crippen MR) is 200 cm³/mol. The van der Waals surface area contributed by atoms with E-state index in [0.29, 0.717) is 22.4 Å². The quantitative estimate of drug-likeness (QED) is 0.124. The Balaban J connectivity index is 0.000000199. The summed E-state index contributed by atoms with van der Waals surface area (Å²) in [6.07, 6.45) is 13.0. The minimum Gasteiger partial charge on any atom is -0.423 e. The van der Waals surface area contributed by atoms with Crippen molar-refractivity contribution >= 4 is 94.7 Å². The van der Waals surface area contributed by atoms with Crippen LogP contribution in [-0.4, -0.2) is 86.4 Å². The van der Waals surface area contributed by atoms with Gasteiger partial charge in [-0.15, -0.1) is 0 Å². The van der Waals surface area contributed by atoms with Crippen molar-refractivity contribution in [2.24, 2.45) is 0 Å². The first kappa shape index (κ1) is 41.9. The molecule has 0 saturated heterocycles. The smallest absolute Gasteiger partial charge is 0.423 e. The van der Waals surface area contributed by atoms with Crippen LogP contribution in [0.4, 0.5) is 32.1 Å². The molecule has 54 heavy (non-hydrogen) atoms. The Bertz CT molecular complexity index is 2470. The van der Waals surface area contributed by atoms with Crippen molar-refractivity contribution in [1.82, 2.24) is 39.9 Å². The highest BCUT2D eigenvalue weighted by Gasteiger charge is 2.20. The lowest BCUT2D eigenvalue weighted by molar-refractivity contribution is 0.425. The minimum absolute atomic E-state index is 0.0312. The molecule has 280 valence electrons. The fourth-order valence-corrected chi connectivity index (χ4v) is 6.78. The zero-order valence-electron chi connectivity index (χ0n) is 27.5. The van der Waals surface area contributed by atoms with E-state index in [4.69, 9.17) is 33.2 Å². The predicted octanol–water partition coefficient (Wildman–Crippen LogP) is 4.21. The lowest BCUT2D eigenvalue weighted by Crippen LogP contribution is -2.30. The van der Waals surface area contributed by atoms with Crippen molar-refractivity contribution in [2.75, 3.05) is 23.1 Å². The van der Waals surface area contributed by atoms with Crippen LogP contribution in [0.1, 0.15) is 0 Å². The third-order valence-electron chi connectivity index (χ3n) is 6.27. The second-order valence-electron chi connectivity index (χ2n) is 10.5. The highest BCUT2D eigenvalue weighted by atomic mass is 79.9. The van der Waals surface area contributed by atoms with Gasteiger partial charge < -0.3 is 20.7 Å². The van der Waals surface area contributed by atoms with Gasteiger partial charge in [-0.3, -0.25) is 0 Å². The molecule has 0 aliphatic heterocycles. The van der Waals surface area contributed by atoms with Gasteiger partial charge in [0, 0.05) is 77.7 Å². The molecule has 16 nitrogen and oxygen atoms in total. The molecule has 6 aromatic rings. The van der Waals surface area contributed by atoms with Gasteiger partial charge in [0.25, 0.3) is 0 Å². The molecular formula is C30H24BBrCl2F2N10O6S2. The lowest BCUT2D eigenvalue weighted by atomic mass is 9.83. The first-order chi connectivity index (χ1) is 25.4. The molecule has 0 radical (unpaired) electrons. The van der Waals surface area contributed by atoms with Gasteiger partial charge in [0.15, 0.2) is 29.7 Å². The summed E-state index contributed by atoms with van der Waals surface area (Å²) in [5.41, 5.74) is 1.92. The molecule has 4 heterocycles. The van der Waals surface area contributed by atoms with E-state index in [-0.39, 0.29) is 42.0 Å². The molecule has 0 fully saturated rings. The van der Waals surface area contributed by atoms with Crippen LogP contribution in [0.2, 0.25) is 10.0 Å². The van der Waals surface area contributed by atoms with Gasteiger partial charge in [0.1, 0.15) is 24.3 Å². The summed E-state index contributed by atoms with van der Waals surface area (Å²) in [6, 6.07) is 7.93. The molecule has 0 bridgehead atoms. The topological polar surface area (TPSA) is 236 Å². The van der Waals surface area contributed by atoms with E-state index in [0.717, 1.165) is 12.5 Å². The van der Waals surface area contributed by atoms with Crippen LogP contribution < -0.4 is 16.1 Å². The maximum atomic E-state index is 13.2. The van der Waals surface area contributed by atoms with Crippen LogP contribution in [-0.2, 0) is 19.7 Å². The second-order valence-corrected chi connectivity index (χ2v) is 16.0. The van der Waals surface area contributed by atoms with E-state index in [1.165, 1.54) is 86.2 Å². The molecule has 4 aromatic heterocycles. The van der Waals surface area contributed by atoms with Crippen molar-refractivity contribution < 1.29 is 35.7 Å². The molecule has 0 saturated carbocycles. The van der Waals surface area contributed by atoms with Crippen LogP contribution in [0, 0.1) is 11.6 Å². The van der Waals surface area contributed by atoms with Crippen LogP contribution in [0.25, 0.3) is 11.1 Å². The van der Waals surface area contributed by atoms with Crippen molar-refractivity contribution in [3.8, 4) is 11.1 Å².